The van der Waals surface area contributed by atoms with Crippen LogP contribution in [0.4, 0.5) is 0 Å². The quantitative estimate of drug-likeness (QED) is 0.0217. The van der Waals surface area contributed by atoms with Gasteiger partial charge < -0.3 is 201 Å². The van der Waals surface area contributed by atoms with Crippen molar-refractivity contribution in [2.45, 2.75) is 93.8 Å². The van der Waals surface area contributed by atoms with Crippen molar-refractivity contribution in [3.8, 4) is 207 Å². The molecule has 4 aliphatic heterocycles. The van der Waals surface area contributed by atoms with Gasteiger partial charge in [-0.15, -0.1) is 0 Å². The third kappa shape index (κ3) is 15.9. The molecule has 0 radical (unpaired) electrons. The lowest BCUT2D eigenvalue weighted by atomic mass is 9.83. The van der Waals surface area contributed by atoms with Crippen LogP contribution in [0, 0.1) is 0 Å². The maximum Gasteiger partial charge on any atom is 0.338 e. The van der Waals surface area contributed by atoms with E-state index in [9.17, 15) is 183 Å². The minimum absolute atomic E-state index is 0.385. The number of hydrogen-bond acceptors (Lipinski definition) is 44. The van der Waals surface area contributed by atoms with Gasteiger partial charge in [-0.1, -0.05) is 0 Å². The SMILES string of the molecule is O=C(O[C@@H]1Cc2c(O)cc(O)c(Cc3c(O)c(Cc4c(O)c(Cc5c(O)cc(O)c6c5O[C@H](c5cc(O)c(O)c(O)c5)[C@H](OC(=O)c5cc(O)c(O)c(O)c5)C6)c5c(c4O)C[C@@H](OC(=O)c4cc(O)c(O)c(O)c4)[C@@H](c4cc(O)c(O)c(O)c4)O5)c4c(c3O)C[C@@H](OC(=O)c3cc(O)c(O)c(O)c3)[C@@H](c3cc(O)c(O)c(O)c3)O4)c2O[C@@H]1c1cc(O)c(O)c(O)c1)c1cc(O)c(O)c(O)c1. The number of benzene rings is 12. The average molecular weight is 1870 g/mol. The molecule has 4 heterocycles. The number of esters is 4. The van der Waals surface area contributed by atoms with Crippen molar-refractivity contribution in [2.24, 2.45) is 0 Å². The summed E-state index contributed by atoms with van der Waals surface area (Å²) in [5.41, 5.74) is -11.1. The standard InChI is InChI=1S/C91H72O44/c92-44-24-46(94)36-20-64(128-88(124)30-9-56(104)76(120)57(105)10-30)80(26-1-48(96)72(116)49(97)2-26)132-84(36)34(44)17-38-68(112)41(87-42(70(38)114)22-66(83(135-87)29-7-54(102)75(119)55(103)8-29)130-90(126)32-13-60(108)78(122)61(109)14-32)19-39-69(113)40(86-43(71(39)115)23-67(82(134-86)28-5-52(100)74(118)53(101)6-28)131-91(127)33-15-62(110)79(123)63(111)16-33)18-35-45(93)25-47(95)37-21-65(129-89(125)31-11-58(106)77(121)59(107)12-31)81(133-85(35)37)27-3-50(98)73(117)51(99)4-27/h1-16,24-25,64-67,80-83,92-123H,17-23H2/t64-,65-,66-,67-,80-,81-,82-,83-/m1/s1. The van der Waals surface area contributed by atoms with Crippen molar-refractivity contribution in [3.63, 3.8) is 0 Å². The predicted octanol–water partition coefficient (Wildman–Crippen LogP) is 8.65. The summed E-state index contributed by atoms with van der Waals surface area (Å²) in [6.07, 6.45) is -22.9. The van der Waals surface area contributed by atoms with Crippen LogP contribution in [0.15, 0.2) is 109 Å². The Labute approximate surface area is 751 Å². The summed E-state index contributed by atoms with van der Waals surface area (Å²) in [4.78, 5) is 57.4. The van der Waals surface area contributed by atoms with Gasteiger partial charge in [0.15, 0.2) is 162 Å². The van der Waals surface area contributed by atoms with Gasteiger partial charge >= 0.3 is 23.9 Å². The topological polar surface area (TPSA) is 789 Å². The highest BCUT2D eigenvalue weighted by Crippen LogP contribution is 2.60. The zero-order valence-electron chi connectivity index (χ0n) is 68.2. The molecule has 0 spiro atoms. The summed E-state index contributed by atoms with van der Waals surface area (Å²) >= 11 is 0. The van der Waals surface area contributed by atoms with Crippen LogP contribution >= 0.6 is 0 Å². The zero-order chi connectivity index (χ0) is 97.4. The molecule has 0 aliphatic carbocycles. The third-order valence-corrected chi connectivity index (χ3v) is 23.2. The zero-order valence-corrected chi connectivity index (χ0v) is 68.2. The maximum absolute atomic E-state index is 14.6. The van der Waals surface area contributed by atoms with E-state index in [0.29, 0.717) is 60.7 Å². The summed E-state index contributed by atoms with van der Waals surface area (Å²) in [6.45, 7) is 0. The van der Waals surface area contributed by atoms with E-state index in [0.717, 1.165) is 48.5 Å². The number of phenolic OH excluding ortho intramolecular Hbond substituents is 32. The molecule has 44 heteroatoms. The minimum Gasteiger partial charge on any atom is -0.507 e. The molecule has 0 fully saturated rings. The Bertz CT molecular complexity index is 6870. The Kier molecular flexibility index (Phi) is 22.2. The van der Waals surface area contributed by atoms with Gasteiger partial charge in [0.05, 0.1) is 22.3 Å². The lowest BCUT2D eigenvalue weighted by Crippen LogP contribution is -2.36. The van der Waals surface area contributed by atoms with Crippen LogP contribution < -0.4 is 18.9 Å². The fourth-order valence-electron chi connectivity index (χ4n) is 16.5. The Morgan fingerprint density at radius 2 is 0.378 bits per heavy atom. The van der Waals surface area contributed by atoms with Gasteiger partial charge in [-0.05, 0) is 97.1 Å². The minimum atomic E-state index is -2.08. The molecule has 135 heavy (non-hydrogen) atoms. The van der Waals surface area contributed by atoms with Gasteiger partial charge in [0.2, 0.25) is 0 Å². The second kappa shape index (κ2) is 33.4. The van der Waals surface area contributed by atoms with Gasteiger partial charge in [-0.2, -0.15) is 0 Å². The van der Waals surface area contributed by atoms with E-state index < -0.39 is 419 Å². The molecule has 8 atom stereocenters. The maximum atomic E-state index is 14.6. The summed E-state index contributed by atoms with van der Waals surface area (Å²) in [5, 5.41) is 359. The number of rotatable bonds is 18. The first-order valence-corrected chi connectivity index (χ1v) is 39.5. The van der Waals surface area contributed by atoms with Crippen LogP contribution in [0.2, 0.25) is 0 Å². The fraction of sp³-hybridized carbons (Fsp3) is 0.165. The van der Waals surface area contributed by atoms with Gasteiger partial charge in [-0.3, -0.25) is 0 Å². The molecule has 4 aliphatic rings. The Balaban J connectivity index is 0.925. The number of aromatic hydroxyl groups is 32. The highest BCUT2D eigenvalue weighted by Gasteiger charge is 2.48. The second-order valence-corrected chi connectivity index (χ2v) is 31.7. The Hall–Kier alpha value is -18.7. The van der Waals surface area contributed by atoms with E-state index in [-0.39, 0.29) is 5.56 Å². The molecule has 700 valence electrons. The van der Waals surface area contributed by atoms with Crippen LogP contribution in [0.3, 0.4) is 0 Å². The van der Waals surface area contributed by atoms with Crippen LogP contribution in [0.5, 0.6) is 207 Å². The van der Waals surface area contributed by atoms with Crippen LogP contribution in [-0.2, 0) is 63.9 Å². The first kappa shape index (κ1) is 89.7. The summed E-state index contributed by atoms with van der Waals surface area (Å²) in [5.74, 6) is -43.4. The second-order valence-electron chi connectivity index (χ2n) is 31.7. The van der Waals surface area contributed by atoms with E-state index in [1.807, 2.05) is 0 Å². The fourth-order valence-corrected chi connectivity index (χ4v) is 16.5. The molecule has 0 bridgehead atoms. The molecule has 32 N–H and O–H groups in total. The van der Waals surface area contributed by atoms with E-state index in [4.69, 9.17) is 37.9 Å². The molecule has 44 nitrogen and oxygen atoms in total. The largest absolute Gasteiger partial charge is 0.507 e. The molecule has 16 rings (SSSR count). The number of carbonyl (C=O) groups excluding carboxylic acids is 4. The molecule has 0 saturated carbocycles. The summed E-state index contributed by atoms with van der Waals surface area (Å²) < 4.78 is 50.2. The molecule has 0 aromatic heterocycles. The predicted molar refractivity (Wildman–Crippen MR) is 444 cm³/mol. The van der Waals surface area contributed by atoms with Gasteiger partial charge in [-0.25, -0.2) is 19.2 Å². The molecule has 12 aromatic rings. The third-order valence-electron chi connectivity index (χ3n) is 23.2. The molecule has 0 unspecified atom stereocenters. The monoisotopic (exact) mass is 1870 g/mol. The highest BCUT2D eigenvalue weighted by atomic mass is 16.6. The van der Waals surface area contributed by atoms with Crippen LogP contribution in [0.25, 0.3) is 0 Å². The summed E-state index contributed by atoms with van der Waals surface area (Å²) in [6, 6.07) is 12.7. The number of carbonyl (C=O) groups is 4. The van der Waals surface area contributed by atoms with Gasteiger partial charge in [0, 0.05) is 135 Å². The van der Waals surface area contributed by atoms with Gasteiger partial charge in [0.1, 0.15) is 93.4 Å². The number of ether oxygens (including phenoxy) is 8. The lowest BCUT2D eigenvalue weighted by molar-refractivity contribution is -0.0198. The number of hydrogen-bond donors (Lipinski definition) is 32. The van der Waals surface area contributed by atoms with E-state index in [1.54, 1.807) is 0 Å². The van der Waals surface area contributed by atoms with Crippen molar-refractivity contribution in [1.29, 1.82) is 0 Å². The van der Waals surface area contributed by atoms with E-state index >= 15 is 0 Å². The average Bonchev–Trinajstić information content (AvgIpc) is 0.727. The van der Waals surface area contributed by atoms with Crippen LogP contribution in [-0.4, -0.2) is 212 Å². The molecule has 0 saturated heterocycles. The molecular formula is C91H72O44. The van der Waals surface area contributed by atoms with Crippen LogP contribution in [0.1, 0.15) is 144 Å². The van der Waals surface area contributed by atoms with Crippen molar-refractivity contribution < 1.29 is 220 Å². The normalized spacial score (nSPS) is 17.4. The molecule has 0 amide bonds. The highest BCUT2D eigenvalue weighted by molar-refractivity contribution is 5.94. The van der Waals surface area contributed by atoms with E-state index in [1.165, 1.54) is 0 Å². The molecular weight excluding hydrogens is 1800 g/mol. The van der Waals surface area contributed by atoms with Crippen molar-refractivity contribution in [2.75, 3.05) is 0 Å². The first-order chi connectivity index (χ1) is 63.7. The number of phenols is 32. The lowest BCUT2D eigenvalue weighted by Gasteiger charge is -2.37. The first-order valence-electron chi connectivity index (χ1n) is 39.5. The number of fused-ring (bicyclic) bond motifs is 4. The van der Waals surface area contributed by atoms with E-state index in [2.05, 4.69) is 0 Å². The van der Waals surface area contributed by atoms with Crippen molar-refractivity contribution in [3.05, 3.63) is 209 Å². The smallest absolute Gasteiger partial charge is 0.338 e. The Morgan fingerprint density at radius 1 is 0.200 bits per heavy atom. The van der Waals surface area contributed by atoms with Gasteiger partial charge in [0.25, 0.3) is 0 Å². The molecule has 12 aromatic carbocycles. The summed E-state index contributed by atoms with van der Waals surface area (Å²) in [7, 11) is 0. The van der Waals surface area contributed by atoms with Crippen molar-refractivity contribution in [1.82, 2.24) is 0 Å². The Morgan fingerprint density at radius 3 is 0.593 bits per heavy atom. The van der Waals surface area contributed by atoms with Crippen molar-refractivity contribution >= 4 is 23.9 Å².